The number of rotatable bonds is 3. The van der Waals surface area contributed by atoms with Crippen LogP contribution < -0.4 is 11.1 Å². The van der Waals surface area contributed by atoms with Gasteiger partial charge in [-0.05, 0) is 65.1 Å². The lowest BCUT2D eigenvalue weighted by Gasteiger charge is -2.06. The van der Waals surface area contributed by atoms with Crippen molar-refractivity contribution in [3.63, 3.8) is 0 Å². The summed E-state index contributed by atoms with van der Waals surface area (Å²) in [5.41, 5.74) is 6.39. The Labute approximate surface area is 128 Å². The van der Waals surface area contributed by atoms with E-state index in [1.807, 2.05) is 22.6 Å². The fourth-order valence-electron chi connectivity index (χ4n) is 1.57. The van der Waals surface area contributed by atoms with Crippen molar-refractivity contribution in [2.45, 2.75) is 0 Å². The third-order valence-corrected chi connectivity index (χ3v) is 3.55. The summed E-state index contributed by atoms with van der Waals surface area (Å²) >= 11 is 1.97. The second kappa shape index (κ2) is 5.91. The second-order valence-corrected chi connectivity index (χ2v) is 5.22. The second-order valence-electron chi connectivity index (χ2n) is 4.06. The van der Waals surface area contributed by atoms with Crippen molar-refractivity contribution in [3.05, 3.63) is 57.2 Å². The summed E-state index contributed by atoms with van der Waals surface area (Å²) in [5.74, 6) is -0.809. The van der Waals surface area contributed by atoms with Gasteiger partial charge in [-0.25, -0.2) is 0 Å². The quantitative estimate of drug-likeness (QED) is 0.712. The number of anilines is 1. The van der Waals surface area contributed by atoms with E-state index in [-0.39, 0.29) is 11.7 Å². The van der Waals surface area contributed by atoms with Crippen LogP contribution in [0.1, 0.15) is 20.7 Å². The minimum atomic E-state index is -0.523. The van der Waals surface area contributed by atoms with E-state index in [1.54, 1.807) is 24.3 Å². The number of amides is 2. The molecular formula is C14H11IN2O3. The van der Waals surface area contributed by atoms with Gasteiger partial charge in [-0.2, -0.15) is 0 Å². The van der Waals surface area contributed by atoms with E-state index >= 15 is 0 Å². The first kappa shape index (κ1) is 14.3. The zero-order chi connectivity index (χ0) is 14.7. The van der Waals surface area contributed by atoms with Gasteiger partial charge in [0.2, 0.25) is 5.91 Å². The molecule has 0 spiro atoms. The summed E-state index contributed by atoms with van der Waals surface area (Å²) in [6.45, 7) is 0. The highest BCUT2D eigenvalue weighted by Gasteiger charge is 2.09. The number of halogens is 1. The van der Waals surface area contributed by atoms with Crippen molar-refractivity contribution in [1.82, 2.24) is 0 Å². The topological polar surface area (TPSA) is 92.4 Å². The van der Waals surface area contributed by atoms with Crippen molar-refractivity contribution in [1.29, 1.82) is 0 Å². The molecule has 0 aromatic heterocycles. The normalized spacial score (nSPS) is 10.1. The van der Waals surface area contributed by atoms with E-state index in [0.29, 0.717) is 20.4 Å². The predicted octanol–water partition coefficient (Wildman–Crippen LogP) is 2.35. The summed E-state index contributed by atoms with van der Waals surface area (Å²) in [4.78, 5) is 22.9. The Kier molecular flexibility index (Phi) is 4.23. The molecule has 0 aliphatic heterocycles. The number of aromatic hydroxyl groups is 1. The molecule has 6 heteroatoms. The number of primary amides is 1. The maximum absolute atomic E-state index is 12.0. The number of phenols is 1. The first-order chi connectivity index (χ1) is 9.47. The lowest BCUT2D eigenvalue weighted by atomic mass is 10.1. The fraction of sp³-hybridized carbons (Fsp3) is 0. The van der Waals surface area contributed by atoms with Crippen LogP contribution in [0.4, 0.5) is 5.69 Å². The molecule has 2 aromatic carbocycles. The third-order valence-electron chi connectivity index (χ3n) is 2.64. The van der Waals surface area contributed by atoms with E-state index < -0.39 is 5.91 Å². The number of hydrogen-bond donors (Lipinski definition) is 3. The molecular weight excluding hydrogens is 371 g/mol. The van der Waals surface area contributed by atoms with Gasteiger partial charge >= 0.3 is 0 Å². The maximum atomic E-state index is 12.0. The van der Waals surface area contributed by atoms with Gasteiger partial charge in [0.05, 0.1) is 3.57 Å². The van der Waals surface area contributed by atoms with Gasteiger partial charge < -0.3 is 16.2 Å². The summed E-state index contributed by atoms with van der Waals surface area (Å²) < 4.78 is 0.671. The van der Waals surface area contributed by atoms with Gasteiger partial charge in [-0.1, -0.05) is 0 Å². The van der Waals surface area contributed by atoms with Crippen LogP contribution in [0.3, 0.4) is 0 Å². The van der Waals surface area contributed by atoms with Gasteiger partial charge in [0.25, 0.3) is 5.91 Å². The summed E-state index contributed by atoms with van der Waals surface area (Å²) in [5, 5.41) is 12.2. The number of carbonyl (C=O) groups excluding carboxylic acids is 2. The lowest BCUT2D eigenvalue weighted by Crippen LogP contribution is -2.13. The van der Waals surface area contributed by atoms with E-state index in [9.17, 15) is 14.7 Å². The molecule has 4 N–H and O–H groups in total. The molecule has 0 saturated carbocycles. The van der Waals surface area contributed by atoms with Crippen molar-refractivity contribution in [2.75, 3.05) is 5.32 Å². The van der Waals surface area contributed by atoms with E-state index in [2.05, 4.69) is 5.32 Å². The van der Waals surface area contributed by atoms with Crippen molar-refractivity contribution >= 4 is 40.1 Å². The van der Waals surface area contributed by atoms with Crippen LogP contribution in [-0.4, -0.2) is 16.9 Å². The van der Waals surface area contributed by atoms with Gasteiger partial charge in [0, 0.05) is 16.8 Å². The largest absolute Gasteiger partial charge is 0.507 e. The van der Waals surface area contributed by atoms with Crippen molar-refractivity contribution < 1.29 is 14.7 Å². The van der Waals surface area contributed by atoms with Crippen LogP contribution in [0, 0.1) is 3.57 Å². The molecule has 0 aliphatic carbocycles. The van der Waals surface area contributed by atoms with Crippen molar-refractivity contribution in [3.8, 4) is 5.75 Å². The number of carbonyl (C=O) groups is 2. The van der Waals surface area contributed by atoms with Crippen LogP contribution >= 0.6 is 22.6 Å². The van der Waals surface area contributed by atoms with Crippen molar-refractivity contribution in [2.24, 2.45) is 5.73 Å². The minimum absolute atomic E-state index is 0.0577. The molecule has 0 bridgehead atoms. The van der Waals surface area contributed by atoms with Gasteiger partial charge in [0.1, 0.15) is 5.75 Å². The predicted molar refractivity (Wildman–Crippen MR) is 83.7 cm³/mol. The molecule has 0 fully saturated rings. The molecule has 102 valence electrons. The average molecular weight is 382 g/mol. The Balaban J connectivity index is 2.14. The Bertz CT molecular complexity index is 669. The van der Waals surface area contributed by atoms with Gasteiger partial charge in [-0.3, -0.25) is 9.59 Å². The molecule has 0 saturated heterocycles. The Morgan fingerprint density at radius 1 is 1.05 bits per heavy atom. The van der Waals surface area contributed by atoms with Crippen LogP contribution in [0.2, 0.25) is 0 Å². The average Bonchev–Trinajstić information content (AvgIpc) is 2.42. The molecule has 5 nitrogen and oxygen atoms in total. The smallest absolute Gasteiger partial charge is 0.255 e. The minimum Gasteiger partial charge on any atom is -0.507 e. The number of nitrogens with two attached hydrogens (primary N) is 1. The molecule has 0 heterocycles. The number of nitrogens with one attached hydrogen (secondary N) is 1. The SMILES string of the molecule is NC(=O)c1ccc(NC(=O)c2ccc(I)c(O)c2)cc1. The highest BCUT2D eigenvalue weighted by molar-refractivity contribution is 14.1. The van der Waals surface area contributed by atoms with Gasteiger partial charge in [0.15, 0.2) is 0 Å². The summed E-state index contributed by atoms with van der Waals surface area (Å²) in [7, 11) is 0. The summed E-state index contributed by atoms with van der Waals surface area (Å²) in [6, 6.07) is 10.9. The molecule has 20 heavy (non-hydrogen) atoms. The fourth-order valence-corrected chi connectivity index (χ4v) is 1.91. The highest BCUT2D eigenvalue weighted by atomic mass is 127. The number of hydrogen-bond acceptors (Lipinski definition) is 3. The lowest BCUT2D eigenvalue weighted by molar-refractivity contribution is 0.0998. The molecule has 2 rings (SSSR count). The van der Waals surface area contributed by atoms with E-state index in [0.717, 1.165) is 0 Å². The Hall–Kier alpha value is -2.09. The number of phenolic OH excluding ortho intramolecular Hbond substituents is 1. The van der Waals surface area contributed by atoms with Crippen LogP contribution in [0.25, 0.3) is 0 Å². The van der Waals surface area contributed by atoms with Crippen LogP contribution in [0.5, 0.6) is 5.75 Å². The van der Waals surface area contributed by atoms with E-state index in [4.69, 9.17) is 5.73 Å². The zero-order valence-corrected chi connectivity index (χ0v) is 12.4. The molecule has 0 atom stereocenters. The standard InChI is InChI=1S/C14H11IN2O3/c15-11-6-3-9(7-12(11)18)14(20)17-10-4-1-8(2-5-10)13(16)19/h1-7,18H,(H2,16,19)(H,17,20). The monoisotopic (exact) mass is 382 g/mol. The molecule has 0 radical (unpaired) electrons. The van der Waals surface area contributed by atoms with Crippen LogP contribution in [-0.2, 0) is 0 Å². The molecule has 0 aliphatic rings. The first-order valence-electron chi connectivity index (χ1n) is 5.67. The van der Waals surface area contributed by atoms with E-state index in [1.165, 1.54) is 18.2 Å². The molecule has 0 unspecified atom stereocenters. The summed E-state index contributed by atoms with van der Waals surface area (Å²) in [6.07, 6.45) is 0. The Morgan fingerprint density at radius 2 is 1.65 bits per heavy atom. The highest BCUT2D eigenvalue weighted by Crippen LogP contribution is 2.21. The Morgan fingerprint density at radius 3 is 2.20 bits per heavy atom. The molecule has 2 aromatic rings. The van der Waals surface area contributed by atoms with Crippen LogP contribution in [0.15, 0.2) is 42.5 Å². The third kappa shape index (κ3) is 3.27. The number of benzene rings is 2. The first-order valence-corrected chi connectivity index (χ1v) is 6.75. The maximum Gasteiger partial charge on any atom is 0.255 e. The zero-order valence-electron chi connectivity index (χ0n) is 10.3. The molecule has 2 amide bonds. The van der Waals surface area contributed by atoms with Gasteiger partial charge in [-0.15, -0.1) is 0 Å².